The number of benzene rings is 1. The molecule has 1 aromatic rings. The highest BCUT2D eigenvalue weighted by atomic mass is 32.2. The van der Waals surface area contributed by atoms with E-state index in [2.05, 4.69) is 5.73 Å². The molecule has 1 aliphatic heterocycles. The minimum Gasteiger partial charge on any atom is -0.497 e. The number of methoxy groups -OCH3 is 1. The van der Waals surface area contributed by atoms with E-state index in [1.165, 1.54) is 4.90 Å². The van der Waals surface area contributed by atoms with Crippen molar-refractivity contribution in [2.75, 3.05) is 20.2 Å². The lowest BCUT2D eigenvalue weighted by molar-refractivity contribution is -0.367. The van der Waals surface area contributed by atoms with Gasteiger partial charge in [0.25, 0.3) is 5.24 Å². The standard InChI is InChI=1S/C13H16N2O3S/c1-18-10-4-2-9(3-5-10)8-11-12(16)15(7-6-14)13(17)19-11/h2-5,11H,6-8,14H2,1H3/p+1. The topological polar surface area (TPSA) is 74.2 Å². The molecule has 19 heavy (non-hydrogen) atoms. The maximum Gasteiger partial charge on any atom is 0.289 e. The van der Waals surface area contributed by atoms with Gasteiger partial charge in [-0.2, -0.15) is 0 Å². The zero-order chi connectivity index (χ0) is 13.8. The summed E-state index contributed by atoms with van der Waals surface area (Å²) in [7, 11) is 1.61. The molecule has 0 spiro atoms. The van der Waals surface area contributed by atoms with Crippen LogP contribution in [0.3, 0.4) is 0 Å². The maximum atomic E-state index is 12.1. The largest absolute Gasteiger partial charge is 0.497 e. The van der Waals surface area contributed by atoms with Crippen LogP contribution in [0, 0.1) is 0 Å². The molecule has 1 aromatic carbocycles. The fourth-order valence-electron chi connectivity index (χ4n) is 1.96. The third kappa shape index (κ3) is 3.08. The molecule has 1 aliphatic rings. The number of nitrogens with zero attached hydrogens (tertiary/aromatic N) is 1. The fourth-order valence-corrected chi connectivity index (χ4v) is 3.02. The third-order valence-electron chi connectivity index (χ3n) is 2.97. The molecule has 1 heterocycles. The van der Waals surface area contributed by atoms with Crippen molar-refractivity contribution in [3.05, 3.63) is 29.8 Å². The summed E-state index contributed by atoms with van der Waals surface area (Å²) in [6.45, 7) is 0.955. The average molecular weight is 281 g/mol. The van der Waals surface area contributed by atoms with Crippen LogP contribution in [0.25, 0.3) is 0 Å². The van der Waals surface area contributed by atoms with Crippen LogP contribution in [0.5, 0.6) is 5.75 Å². The zero-order valence-electron chi connectivity index (χ0n) is 10.8. The summed E-state index contributed by atoms with van der Waals surface area (Å²) in [5.74, 6) is 0.679. The van der Waals surface area contributed by atoms with E-state index in [4.69, 9.17) is 4.74 Å². The molecule has 0 saturated carbocycles. The molecule has 0 bridgehead atoms. The first-order valence-electron chi connectivity index (χ1n) is 6.10. The zero-order valence-corrected chi connectivity index (χ0v) is 11.6. The molecular formula is C13H17N2O3S+. The van der Waals surface area contributed by atoms with Gasteiger partial charge in [0.15, 0.2) is 0 Å². The predicted octanol–water partition coefficient (Wildman–Crippen LogP) is 0.544. The van der Waals surface area contributed by atoms with Crippen LogP contribution < -0.4 is 10.5 Å². The molecule has 2 rings (SSSR count). The molecule has 102 valence electrons. The van der Waals surface area contributed by atoms with Gasteiger partial charge in [0.1, 0.15) is 5.75 Å². The van der Waals surface area contributed by atoms with E-state index in [-0.39, 0.29) is 16.4 Å². The highest BCUT2D eigenvalue weighted by molar-refractivity contribution is 8.15. The van der Waals surface area contributed by atoms with E-state index in [9.17, 15) is 9.59 Å². The predicted molar refractivity (Wildman–Crippen MR) is 72.9 cm³/mol. The van der Waals surface area contributed by atoms with Crippen molar-refractivity contribution in [1.29, 1.82) is 0 Å². The Morgan fingerprint density at radius 2 is 2.00 bits per heavy atom. The molecule has 2 amide bonds. The van der Waals surface area contributed by atoms with Crippen LogP contribution in [0.15, 0.2) is 24.3 Å². The first kappa shape index (κ1) is 13.9. The highest BCUT2D eigenvalue weighted by Crippen LogP contribution is 2.29. The Bertz CT molecular complexity index is 475. The first-order valence-corrected chi connectivity index (χ1v) is 6.98. The Kier molecular flexibility index (Phi) is 4.44. The molecule has 5 nitrogen and oxygen atoms in total. The van der Waals surface area contributed by atoms with Crippen molar-refractivity contribution in [2.24, 2.45) is 0 Å². The summed E-state index contributed by atoms with van der Waals surface area (Å²) >= 11 is 1.10. The Balaban J connectivity index is 2.03. The molecule has 3 N–H and O–H groups in total. The molecule has 1 unspecified atom stereocenters. The molecule has 0 radical (unpaired) electrons. The number of imide groups is 1. The van der Waals surface area contributed by atoms with Gasteiger partial charge < -0.3 is 10.5 Å². The summed E-state index contributed by atoms with van der Waals surface area (Å²) in [6, 6.07) is 7.55. The van der Waals surface area contributed by atoms with E-state index >= 15 is 0 Å². The van der Waals surface area contributed by atoms with Crippen LogP contribution in [-0.2, 0) is 11.2 Å². The summed E-state index contributed by atoms with van der Waals surface area (Å²) in [4.78, 5) is 25.1. The molecule has 1 saturated heterocycles. The lowest BCUT2D eigenvalue weighted by Gasteiger charge is -2.11. The lowest BCUT2D eigenvalue weighted by Crippen LogP contribution is -2.55. The van der Waals surface area contributed by atoms with E-state index in [0.717, 1.165) is 23.1 Å². The van der Waals surface area contributed by atoms with E-state index in [1.54, 1.807) is 7.11 Å². The van der Waals surface area contributed by atoms with Gasteiger partial charge in [-0.05, 0) is 24.1 Å². The smallest absolute Gasteiger partial charge is 0.289 e. The molecule has 0 aromatic heterocycles. The number of amides is 2. The molecule has 1 atom stereocenters. The summed E-state index contributed by atoms with van der Waals surface area (Å²) in [5, 5.41) is -0.473. The van der Waals surface area contributed by atoms with Crippen molar-refractivity contribution in [3.63, 3.8) is 0 Å². The third-order valence-corrected chi connectivity index (χ3v) is 4.04. The van der Waals surface area contributed by atoms with Crippen LogP contribution in [0.2, 0.25) is 0 Å². The molecule has 6 heteroatoms. The second-order valence-electron chi connectivity index (χ2n) is 4.27. The van der Waals surface area contributed by atoms with Gasteiger partial charge in [0.05, 0.1) is 25.4 Å². The quantitative estimate of drug-likeness (QED) is 0.855. The Labute approximate surface area is 116 Å². The highest BCUT2D eigenvalue weighted by Gasteiger charge is 2.39. The van der Waals surface area contributed by atoms with Crippen molar-refractivity contribution >= 4 is 22.9 Å². The molecule has 1 fully saturated rings. The summed E-state index contributed by atoms with van der Waals surface area (Å²) in [5.41, 5.74) is 4.70. The Morgan fingerprint density at radius 3 is 2.58 bits per heavy atom. The Hall–Kier alpha value is -1.53. The second-order valence-corrected chi connectivity index (χ2v) is 5.42. The minimum absolute atomic E-state index is 0.102. The second kappa shape index (κ2) is 6.08. The van der Waals surface area contributed by atoms with Crippen LogP contribution in [0.4, 0.5) is 4.79 Å². The number of rotatable bonds is 5. The van der Waals surface area contributed by atoms with Gasteiger partial charge in [0.2, 0.25) is 5.91 Å². The van der Waals surface area contributed by atoms with Gasteiger partial charge in [-0.3, -0.25) is 14.5 Å². The fraction of sp³-hybridized carbons (Fsp3) is 0.385. The van der Waals surface area contributed by atoms with Gasteiger partial charge >= 0.3 is 0 Å². The SMILES string of the molecule is COc1ccc(CC2SC(=O)N(CC[NH3+])C2=O)cc1. The summed E-state index contributed by atoms with van der Waals surface area (Å²) in [6.07, 6.45) is 0.562. The van der Waals surface area contributed by atoms with Gasteiger partial charge in [-0.25, -0.2) is 0 Å². The van der Waals surface area contributed by atoms with Gasteiger partial charge in [-0.15, -0.1) is 0 Å². The Morgan fingerprint density at radius 1 is 1.32 bits per heavy atom. The summed E-state index contributed by atoms with van der Waals surface area (Å²) < 4.78 is 5.08. The van der Waals surface area contributed by atoms with Crippen molar-refractivity contribution < 1.29 is 20.1 Å². The number of ether oxygens (including phenoxy) is 1. The number of quaternary nitrogens is 1. The van der Waals surface area contributed by atoms with E-state index in [0.29, 0.717) is 19.5 Å². The van der Waals surface area contributed by atoms with Crippen molar-refractivity contribution in [3.8, 4) is 5.75 Å². The number of hydrogen-bond donors (Lipinski definition) is 1. The van der Waals surface area contributed by atoms with Crippen LogP contribution >= 0.6 is 11.8 Å². The average Bonchev–Trinajstić information content (AvgIpc) is 2.68. The minimum atomic E-state index is -0.313. The van der Waals surface area contributed by atoms with Gasteiger partial charge in [-0.1, -0.05) is 23.9 Å². The normalized spacial score (nSPS) is 19.1. The number of hydrogen-bond acceptors (Lipinski definition) is 4. The van der Waals surface area contributed by atoms with E-state index < -0.39 is 0 Å². The van der Waals surface area contributed by atoms with Crippen molar-refractivity contribution in [1.82, 2.24) is 4.90 Å². The number of carbonyl (C=O) groups is 2. The van der Waals surface area contributed by atoms with Crippen molar-refractivity contribution in [2.45, 2.75) is 11.7 Å². The lowest BCUT2D eigenvalue weighted by atomic mass is 10.1. The number of carbonyl (C=O) groups excluding carboxylic acids is 2. The maximum absolute atomic E-state index is 12.1. The van der Waals surface area contributed by atoms with Gasteiger partial charge in [0, 0.05) is 0 Å². The molecular weight excluding hydrogens is 264 g/mol. The van der Waals surface area contributed by atoms with Crippen LogP contribution in [0.1, 0.15) is 5.56 Å². The first-order chi connectivity index (χ1) is 9.15. The monoisotopic (exact) mass is 281 g/mol. The van der Waals surface area contributed by atoms with E-state index in [1.807, 2.05) is 24.3 Å². The van der Waals surface area contributed by atoms with Crippen LogP contribution in [-0.4, -0.2) is 41.5 Å². The molecule has 0 aliphatic carbocycles. The number of thioether (sulfide) groups is 1.